The number of amides is 3. The molecule has 0 radical (unpaired) electrons. The molecule has 0 aromatic heterocycles. The van der Waals surface area contributed by atoms with Gasteiger partial charge in [0.2, 0.25) is 5.91 Å². The summed E-state index contributed by atoms with van der Waals surface area (Å²) in [5.74, 6) is -2.60. The van der Waals surface area contributed by atoms with Crippen LogP contribution < -0.4 is 5.32 Å². The molecule has 2 aromatic carbocycles. The van der Waals surface area contributed by atoms with Gasteiger partial charge in [-0.3, -0.25) is 14.4 Å². The Morgan fingerprint density at radius 1 is 0.960 bits per heavy atom. The molecule has 7 heteroatoms. The van der Waals surface area contributed by atoms with Crippen LogP contribution in [0.3, 0.4) is 0 Å². The number of benzene rings is 2. The summed E-state index contributed by atoms with van der Waals surface area (Å²) >= 11 is 0. The lowest BCUT2D eigenvalue weighted by Crippen LogP contribution is -2.33. The number of carbonyl (C=O) groups excluding carboxylic acids is 4. The Hall–Kier alpha value is -3.48. The van der Waals surface area contributed by atoms with Gasteiger partial charge in [0.05, 0.1) is 22.4 Å². The van der Waals surface area contributed by atoms with Crippen LogP contribution in [0.15, 0.2) is 48.5 Å². The normalized spacial score (nSPS) is 12.8. The molecule has 0 atom stereocenters. The summed E-state index contributed by atoms with van der Waals surface area (Å²) in [5, 5.41) is 3.01. The van der Waals surface area contributed by atoms with Gasteiger partial charge in [-0.05, 0) is 24.3 Å². The van der Waals surface area contributed by atoms with Crippen LogP contribution >= 0.6 is 0 Å². The van der Waals surface area contributed by atoms with Crippen molar-refractivity contribution in [3.05, 3.63) is 65.2 Å². The maximum absolute atomic E-state index is 12.4. The molecule has 0 spiro atoms. The largest absolute Gasteiger partial charge is 0.366 e. The molecule has 0 fully saturated rings. The van der Waals surface area contributed by atoms with E-state index in [1.54, 1.807) is 31.2 Å². The van der Waals surface area contributed by atoms with E-state index in [0.29, 0.717) is 5.06 Å². The van der Waals surface area contributed by atoms with Crippen molar-refractivity contribution in [2.24, 2.45) is 0 Å². The van der Waals surface area contributed by atoms with Gasteiger partial charge < -0.3 is 10.2 Å². The van der Waals surface area contributed by atoms with E-state index < -0.39 is 17.8 Å². The first-order chi connectivity index (χ1) is 12.0. The minimum atomic E-state index is -0.915. The number of anilines is 1. The Morgan fingerprint density at radius 2 is 1.52 bits per heavy atom. The van der Waals surface area contributed by atoms with Gasteiger partial charge in [0.15, 0.2) is 0 Å². The standard InChI is InChI=1S/C18H14N2O5/c1-2-15(21)19-14-10-6-5-9-13(14)18(24)25-20-16(22)11-7-3-4-8-12(11)17(20)23/h3-10H,2H2,1H3,(H,19,21). The molecular weight excluding hydrogens is 324 g/mol. The molecule has 3 amide bonds. The third kappa shape index (κ3) is 2.99. The number of rotatable bonds is 4. The number of nitrogens with one attached hydrogen (secondary N) is 1. The molecule has 2 aromatic rings. The molecule has 0 aliphatic carbocycles. The number of carbonyl (C=O) groups is 4. The molecule has 0 saturated carbocycles. The molecule has 0 bridgehead atoms. The highest BCUT2D eigenvalue weighted by Gasteiger charge is 2.39. The van der Waals surface area contributed by atoms with E-state index in [1.165, 1.54) is 24.3 Å². The molecule has 1 aliphatic rings. The van der Waals surface area contributed by atoms with Gasteiger partial charge in [-0.15, -0.1) is 0 Å². The molecule has 1 heterocycles. The van der Waals surface area contributed by atoms with Gasteiger partial charge in [0.1, 0.15) is 0 Å². The highest BCUT2D eigenvalue weighted by molar-refractivity contribution is 6.21. The predicted octanol–water partition coefficient (Wildman–Crippen LogP) is 2.40. The van der Waals surface area contributed by atoms with E-state index in [1.807, 2.05) is 0 Å². The Balaban J connectivity index is 1.84. The third-order valence-corrected chi connectivity index (χ3v) is 3.67. The lowest BCUT2D eigenvalue weighted by Gasteiger charge is -2.14. The molecule has 3 rings (SSSR count). The molecular formula is C18H14N2O5. The summed E-state index contributed by atoms with van der Waals surface area (Å²) in [6.07, 6.45) is 0.238. The van der Waals surface area contributed by atoms with E-state index in [4.69, 9.17) is 4.84 Å². The summed E-state index contributed by atoms with van der Waals surface area (Å²) in [4.78, 5) is 53.5. The SMILES string of the molecule is CCC(=O)Nc1ccccc1C(=O)ON1C(=O)c2ccccc2C1=O. The van der Waals surface area contributed by atoms with Gasteiger partial charge in [-0.25, -0.2) is 4.79 Å². The number of hydrogen-bond acceptors (Lipinski definition) is 5. The van der Waals surface area contributed by atoms with Crippen LogP contribution in [0.1, 0.15) is 44.4 Å². The van der Waals surface area contributed by atoms with E-state index in [-0.39, 0.29) is 34.7 Å². The Morgan fingerprint density at radius 3 is 2.12 bits per heavy atom. The zero-order valence-corrected chi connectivity index (χ0v) is 13.3. The molecule has 7 nitrogen and oxygen atoms in total. The van der Waals surface area contributed by atoms with Crippen LogP contribution in [-0.2, 0) is 9.63 Å². The van der Waals surface area contributed by atoms with Crippen LogP contribution in [0.4, 0.5) is 5.69 Å². The summed E-state index contributed by atoms with van der Waals surface area (Å²) in [6.45, 7) is 1.68. The zero-order valence-electron chi connectivity index (χ0n) is 13.3. The fourth-order valence-corrected chi connectivity index (χ4v) is 2.39. The van der Waals surface area contributed by atoms with Crippen LogP contribution in [-0.4, -0.2) is 28.8 Å². The number of fused-ring (bicyclic) bond motifs is 1. The van der Waals surface area contributed by atoms with Crippen LogP contribution in [0.2, 0.25) is 0 Å². The highest BCUT2D eigenvalue weighted by atomic mass is 16.7. The minimum absolute atomic E-state index is 0.0425. The predicted molar refractivity (Wildman–Crippen MR) is 87.7 cm³/mol. The maximum atomic E-state index is 12.4. The van der Waals surface area contributed by atoms with Crippen molar-refractivity contribution < 1.29 is 24.0 Å². The van der Waals surface area contributed by atoms with Crippen LogP contribution in [0.25, 0.3) is 0 Å². The monoisotopic (exact) mass is 338 g/mol. The maximum Gasteiger partial charge on any atom is 0.366 e. The van der Waals surface area contributed by atoms with E-state index >= 15 is 0 Å². The van der Waals surface area contributed by atoms with Crippen molar-refractivity contribution in [1.29, 1.82) is 0 Å². The Bertz CT molecular complexity index is 856. The van der Waals surface area contributed by atoms with Gasteiger partial charge in [0.25, 0.3) is 11.8 Å². The molecule has 1 N–H and O–H groups in total. The molecule has 126 valence electrons. The van der Waals surface area contributed by atoms with Crippen molar-refractivity contribution in [2.45, 2.75) is 13.3 Å². The number of hydrogen-bond donors (Lipinski definition) is 1. The van der Waals surface area contributed by atoms with Gasteiger partial charge in [0, 0.05) is 6.42 Å². The zero-order chi connectivity index (χ0) is 18.0. The average Bonchev–Trinajstić information content (AvgIpc) is 2.87. The quantitative estimate of drug-likeness (QED) is 0.864. The number of nitrogens with zero attached hydrogens (tertiary/aromatic N) is 1. The van der Waals surface area contributed by atoms with Crippen LogP contribution in [0, 0.1) is 0 Å². The van der Waals surface area contributed by atoms with Crippen molar-refractivity contribution >= 4 is 29.4 Å². The second-order valence-corrected chi connectivity index (χ2v) is 5.28. The van der Waals surface area contributed by atoms with Gasteiger partial charge in [-0.1, -0.05) is 36.3 Å². The first-order valence-electron chi connectivity index (χ1n) is 7.62. The van der Waals surface area contributed by atoms with E-state index in [0.717, 1.165) is 0 Å². The number of para-hydroxylation sites is 1. The summed E-state index contributed by atoms with van der Waals surface area (Å²) in [6, 6.07) is 12.4. The van der Waals surface area contributed by atoms with Crippen molar-refractivity contribution in [2.75, 3.05) is 5.32 Å². The van der Waals surface area contributed by atoms with Crippen molar-refractivity contribution in [3.63, 3.8) is 0 Å². The fraction of sp³-hybridized carbons (Fsp3) is 0.111. The van der Waals surface area contributed by atoms with Crippen molar-refractivity contribution in [1.82, 2.24) is 5.06 Å². The summed E-state index contributed by atoms with van der Waals surface area (Å²) in [7, 11) is 0. The Labute approximate surface area is 143 Å². The summed E-state index contributed by atoms with van der Waals surface area (Å²) < 4.78 is 0. The van der Waals surface area contributed by atoms with Gasteiger partial charge >= 0.3 is 5.97 Å². The van der Waals surface area contributed by atoms with E-state index in [2.05, 4.69) is 5.32 Å². The number of hydroxylamine groups is 2. The molecule has 0 saturated heterocycles. The first kappa shape index (κ1) is 16.4. The highest BCUT2D eigenvalue weighted by Crippen LogP contribution is 2.24. The molecule has 1 aliphatic heterocycles. The minimum Gasteiger partial charge on any atom is -0.325 e. The fourth-order valence-electron chi connectivity index (χ4n) is 2.39. The van der Waals surface area contributed by atoms with Gasteiger partial charge in [-0.2, -0.15) is 0 Å². The smallest absolute Gasteiger partial charge is 0.325 e. The summed E-state index contributed by atoms with van der Waals surface area (Å²) in [5.41, 5.74) is 0.637. The van der Waals surface area contributed by atoms with E-state index in [9.17, 15) is 19.2 Å². The average molecular weight is 338 g/mol. The Kier molecular flexibility index (Phi) is 4.30. The molecule has 25 heavy (non-hydrogen) atoms. The second kappa shape index (κ2) is 6.56. The topological polar surface area (TPSA) is 92.8 Å². The first-order valence-corrected chi connectivity index (χ1v) is 7.62. The lowest BCUT2D eigenvalue weighted by atomic mass is 10.1. The van der Waals surface area contributed by atoms with Crippen LogP contribution in [0.5, 0.6) is 0 Å². The van der Waals surface area contributed by atoms with Crippen molar-refractivity contribution in [3.8, 4) is 0 Å². The third-order valence-electron chi connectivity index (χ3n) is 3.67. The number of imide groups is 1. The lowest BCUT2D eigenvalue weighted by molar-refractivity contribution is -0.115. The molecule has 0 unspecified atom stereocenters. The second-order valence-electron chi connectivity index (χ2n) is 5.28.